The van der Waals surface area contributed by atoms with Gasteiger partial charge in [0.2, 0.25) is 11.8 Å². The minimum atomic E-state index is -0.650. The predicted octanol–water partition coefficient (Wildman–Crippen LogP) is -0.939. The van der Waals surface area contributed by atoms with Crippen LogP contribution in [0.3, 0.4) is 0 Å². The van der Waals surface area contributed by atoms with E-state index in [2.05, 4.69) is 0 Å². The summed E-state index contributed by atoms with van der Waals surface area (Å²) in [5.41, 5.74) is 16.2. The Morgan fingerprint density at radius 1 is 1.17 bits per heavy atom. The zero-order valence-electron chi connectivity index (χ0n) is 9.73. The van der Waals surface area contributed by atoms with Crippen molar-refractivity contribution < 1.29 is 14.0 Å². The molecule has 0 saturated heterocycles. The van der Waals surface area contributed by atoms with Crippen LogP contribution in [0.5, 0.6) is 0 Å². The number of hydrogen-bond donors (Lipinski definition) is 3. The summed E-state index contributed by atoms with van der Waals surface area (Å²) >= 11 is 0. The number of carbonyl (C=O) groups is 2. The summed E-state index contributed by atoms with van der Waals surface area (Å²) in [6.45, 7) is -0.533. The third-order valence-corrected chi connectivity index (χ3v) is 2.33. The highest BCUT2D eigenvalue weighted by Gasteiger charge is 2.17. The van der Waals surface area contributed by atoms with Crippen LogP contribution in [0.15, 0.2) is 18.2 Å². The van der Waals surface area contributed by atoms with E-state index in [9.17, 15) is 14.0 Å². The van der Waals surface area contributed by atoms with Gasteiger partial charge in [0.25, 0.3) is 0 Å². The Morgan fingerprint density at radius 3 is 2.17 bits per heavy atom. The van der Waals surface area contributed by atoms with Gasteiger partial charge in [0, 0.05) is 17.8 Å². The molecule has 98 valence electrons. The van der Waals surface area contributed by atoms with Crippen LogP contribution in [0.25, 0.3) is 0 Å². The SMILES string of the molecule is NCc1c(F)cccc1N(CC(N)=O)CC(N)=O. The lowest BCUT2D eigenvalue weighted by Crippen LogP contribution is -2.40. The van der Waals surface area contributed by atoms with Gasteiger partial charge in [-0.2, -0.15) is 0 Å². The Bertz CT molecular complexity index is 448. The van der Waals surface area contributed by atoms with Gasteiger partial charge in [0.05, 0.1) is 13.1 Å². The Hall–Kier alpha value is -2.15. The van der Waals surface area contributed by atoms with Crippen LogP contribution in [-0.2, 0) is 16.1 Å². The van der Waals surface area contributed by atoms with Gasteiger partial charge in [-0.3, -0.25) is 9.59 Å². The van der Waals surface area contributed by atoms with Gasteiger partial charge in [-0.05, 0) is 12.1 Å². The molecule has 1 aromatic rings. The van der Waals surface area contributed by atoms with Crippen molar-refractivity contribution in [3.63, 3.8) is 0 Å². The molecule has 7 heteroatoms. The molecule has 0 spiro atoms. The zero-order valence-corrected chi connectivity index (χ0v) is 9.73. The lowest BCUT2D eigenvalue weighted by molar-refractivity contribution is -0.117. The van der Waals surface area contributed by atoms with E-state index >= 15 is 0 Å². The Morgan fingerprint density at radius 2 is 1.72 bits per heavy atom. The van der Waals surface area contributed by atoms with Gasteiger partial charge in [0.15, 0.2) is 0 Å². The first kappa shape index (κ1) is 13.9. The number of primary amides is 2. The molecule has 2 amide bonds. The number of hydrogen-bond acceptors (Lipinski definition) is 4. The fraction of sp³-hybridized carbons (Fsp3) is 0.273. The summed E-state index contributed by atoms with van der Waals surface area (Å²) in [5.74, 6) is -1.80. The van der Waals surface area contributed by atoms with Crippen LogP contribution in [0, 0.1) is 5.82 Å². The van der Waals surface area contributed by atoms with Gasteiger partial charge < -0.3 is 22.1 Å². The van der Waals surface area contributed by atoms with E-state index in [1.54, 1.807) is 6.07 Å². The lowest BCUT2D eigenvalue weighted by atomic mass is 10.1. The molecule has 0 aromatic heterocycles. The van der Waals surface area contributed by atoms with E-state index in [4.69, 9.17) is 17.2 Å². The fourth-order valence-electron chi connectivity index (χ4n) is 1.65. The van der Waals surface area contributed by atoms with E-state index in [1.165, 1.54) is 17.0 Å². The quantitative estimate of drug-likeness (QED) is 0.607. The highest BCUT2D eigenvalue weighted by Crippen LogP contribution is 2.22. The maximum absolute atomic E-state index is 13.5. The van der Waals surface area contributed by atoms with Crippen molar-refractivity contribution in [1.82, 2.24) is 0 Å². The number of nitrogens with zero attached hydrogens (tertiary/aromatic N) is 1. The van der Waals surface area contributed by atoms with E-state index in [0.717, 1.165) is 0 Å². The first-order valence-electron chi connectivity index (χ1n) is 5.24. The molecule has 0 aliphatic heterocycles. The van der Waals surface area contributed by atoms with Crippen LogP contribution in [0.2, 0.25) is 0 Å². The summed E-state index contributed by atoms with van der Waals surface area (Å²) < 4.78 is 13.5. The van der Waals surface area contributed by atoms with Crippen molar-refractivity contribution in [3.05, 3.63) is 29.6 Å². The first-order valence-corrected chi connectivity index (χ1v) is 5.24. The van der Waals surface area contributed by atoms with E-state index in [1.807, 2.05) is 0 Å². The average Bonchev–Trinajstić information content (AvgIpc) is 2.26. The lowest BCUT2D eigenvalue weighted by Gasteiger charge is -2.24. The Balaban J connectivity index is 3.15. The molecule has 0 bridgehead atoms. The van der Waals surface area contributed by atoms with E-state index in [0.29, 0.717) is 5.69 Å². The smallest absolute Gasteiger partial charge is 0.236 e. The molecule has 0 atom stereocenters. The van der Waals surface area contributed by atoms with Crippen LogP contribution in [0.4, 0.5) is 10.1 Å². The van der Waals surface area contributed by atoms with Crippen LogP contribution < -0.4 is 22.1 Å². The highest BCUT2D eigenvalue weighted by atomic mass is 19.1. The minimum Gasteiger partial charge on any atom is -0.368 e. The highest BCUT2D eigenvalue weighted by molar-refractivity contribution is 5.85. The molecule has 0 unspecified atom stereocenters. The third-order valence-electron chi connectivity index (χ3n) is 2.33. The van der Waals surface area contributed by atoms with Gasteiger partial charge in [0.1, 0.15) is 5.82 Å². The summed E-state index contributed by atoms with van der Waals surface area (Å²) in [7, 11) is 0. The topological polar surface area (TPSA) is 115 Å². The number of anilines is 1. The van der Waals surface area contributed by atoms with Crippen LogP contribution in [0.1, 0.15) is 5.56 Å². The largest absolute Gasteiger partial charge is 0.368 e. The molecular weight excluding hydrogens is 239 g/mol. The number of amides is 2. The number of nitrogens with two attached hydrogens (primary N) is 3. The molecule has 0 aliphatic rings. The normalized spacial score (nSPS) is 10.1. The molecule has 0 fully saturated rings. The molecule has 18 heavy (non-hydrogen) atoms. The summed E-state index contributed by atoms with van der Waals surface area (Å²) in [6.07, 6.45) is 0. The second-order valence-electron chi connectivity index (χ2n) is 3.73. The standard InChI is InChI=1S/C11H15FN4O2/c12-8-2-1-3-9(7(8)4-13)16(5-10(14)17)6-11(15)18/h1-3H,4-6,13H2,(H2,14,17)(H2,15,18). The van der Waals surface area contributed by atoms with Crippen molar-refractivity contribution in [2.75, 3.05) is 18.0 Å². The molecule has 6 N–H and O–H groups in total. The van der Waals surface area contributed by atoms with Crippen LogP contribution >= 0.6 is 0 Å². The number of benzene rings is 1. The molecule has 1 rings (SSSR count). The van der Waals surface area contributed by atoms with Crippen LogP contribution in [-0.4, -0.2) is 24.9 Å². The van der Waals surface area contributed by atoms with Gasteiger partial charge in [-0.25, -0.2) is 4.39 Å². The molecule has 0 saturated carbocycles. The molecule has 1 aromatic carbocycles. The predicted molar refractivity (Wildman–Crippen MR) is 64.9 cm³/mol. The maximum Gasteiger partial charge on any atom is 0.236 e. The second kappa shape index (κ2) is 5.97. The Kier molecular flexibility index (Phi) is 4.61. The maximum atomic E-state index is 13.5. The summed E-state index contributed by atoms with van der Waals surface area (Å²) in [5, 5.41) is 0. The van der Waals surface area contributed by atoms with Crippen molar-refractivity contribution in [2.45, 2.75) is 6.54 Å². The number of carbonyl (C=O) groups excluding carboxylic acids is 2. The molecule has 6 nitrogen and oxygen atoms in total. The summed E-state index contributed by atoms with van der Waals surface area (Å²) in [6, 6.07) is 4.26. The monoisotopic (exact) mass is 254 g/mol. The molecular formula is C11H15FN4O2. The van der Waals surface area contributed by atoms with Crippen molar-refractivity contribution in [2.24, 2.45) is 17.2 Å². The molecule has 0 radical (unpaired) electrons. The van der Waals surface area contributed by atoms with Gasteiger partial charge in [-0.1, -0.05) is 6.07 Å². The Labute approximate surface area is 104 Å². The van der Waals surface area contributed by atoms with Crippen molar-refractivity contribution >= 4 is 17.5 Å². The van der Waals surface area contributed by atoms with E-state index < -0.39 is 17.6 Å². The summed E-state index contributed by atoms with van der Waals surface area (Å²) in [4.78, 5) is 23.2. The average molecular weight is 254 g/mol. The van der Waals surface area contributed by atoms with Gasteiger partial charge in [-0.15, -0.1) is 0 Å². The fourth-order valence-corrected chi connectivity index (χ4v) is 1.65. The van der Waals surface area contributed by atoms with E-state index in [-0.39, 0.29) is 25.2 Å². The third kappa shape index (κ3) is 3.42. The molecule has 0 heterocycles. The number of rotatable bonds is 6. The molecule has 0 aliphatic carbocycles. The van der Waals surface area contributed by atoms with Crippen molar-refractivity contribution in [1.29, 1.82) is 0 Å². The van der Waals surface area contributed by atoms with Gasteiger partial charge >= 0.3 is 0 Å². The first-order chi connectivity index (χ1) is 8.45. The second-order valence-corrected chi connectivity index (χ2v) is 3.73. The zero-order chi connectivity index (χ0) is 13.7. The van der Waals surface area contributed by atoms with Crippen molar-refractivity contribution in [3.8, 4) is 0 Å². The minimum absolute atomic E-state index is 0.0595. The number of halogens is 1.